The molecule has 84 valence electrons. The average Bonchev–Trinajstić information content (AvgIpc) is 2.27. The maximum absolute atomic E-state index is 8.66. The molecule has 4 nitrogen and oxygen atoms in total. The molecule has 0 aromatic heterocycles. The molecule has 0 aliphatic rings. The number of hydrogen-bond donors (Lipinski definition) is 2. The first-order valence-corrected chi connectivity index (χ1v) is 4.89. The van der Waals surface area contributed by atoms with Crippen molar-refractivity contribution in [2.24, 2.45) is 5.73 Å². The molecular formula is C11H17NO3. The normalized spacial score (nSPS) is 12.2. The van der Waals surface area contributed by atoms with Gasteiger partial charge in [-0.25, -0.2) is 0 Å². The van der Waals surface area contributed by atoms with Crippen LogP contribution < -0.4 is 15.2 Å². The van der Waals surface area contributed by atoms with E-state index in [1.54, 1.807) is 13.2 Å². The molecule has 0 radical (unpaired) electrons. The van der Waals surface area contributed by atoms with Crippen LogP contribution in [0, 0.1) is 0 Å². The lowest BCUT2D eigenvalue weighted by atomic mass is 10.2. The number of aliphatic hydroxyl groups excluding tert-OH is 1. The first-order valence-electron chi connectivity index (χ1n) is 4.89. The van der Waals surface area contributed by atoms with Gasteiger partial charge < -0.3 is 20.3 Å². The minimum absolute atomic E-state index is 0.0859. The average molecular weight is 211 g/mol. The van der Waals surface area contributed by atoms with Crippen LogP contribution in [-0.2, 0) is 0 Å². The minimum atomic E-state index is -0.138. The Balaban J connectivity index is 2.43. The monoisotopic (exact) mass is 211 g/mol. The van der Waals surface area contributed by atoms with Crippen molar-refractivity contribution >= 4 is 0 Å². The fraction of sp³-hybridized carbons (Fsp3) is 0.455. The number of rotatable bonds is 6. The van der Waals surface area contributed by atoms with E-state index in [0.29, 0.717) is 13.0 Å². The second-order valence-electron chi connectivity index (χ2n) is 3.26. The number of methoxy groups -OCH3 is 1. The molecule has 0 fully saturated rings. The van der Waals surface area contributed by atoms with Crippen LogP contribution in [0.15, 0.2) is 24.3 Å². The standard InChI is InChI=1S/C11H17NO3/c1-14-10-3-2-4-11(7-10)15-8-9(12)5-6-13/h2-4,7,9,13H,5-6,8,12H2,1H3. The summed E-state index contributed by atoms with van der Waals surface area (Å²) in [6.45, 7) is 0.483. The summed E-state index contributed by atoms with van der Waals surface area (Å²) in [5, 5.41) is 8.66. The van der Waals surface area contributed by atoms with Crippen molar-refractivity contribution in [3.63, 3.8) is 0 Å². The SMILES string of the molecule is COc1cccc(OCC(N)CCO)c1. The van der Waals surface area contributed by atoms with Gasteiger partial charge in [0.05, 0.1) is 7.11 Å². The van der Waals surface area contributed by atoms with Crippen molar-refractivity contribution in [1.82, 2.24) is 0 Å². The summed E-state index contributed by atoms with van der Waals surface area (Å²) in [4.78, 5) is 0. The molecule has 0 heterocycles. The van der Waals surface area contributed by atoms with Crippen molar-refractivity contribution < 1.29 is 14.6 Å². The van der Waals surface area contributed by atoms with Crippen molar-refractivity contribution in [1.29, 1.82) is 0 Å². The molecule has 0 spiro atoms. The topological polar surface area (TPSA) is 64.7 Å². The van der Waals surface area contributed by atoms with Crippen LogP contribution >= 0.6 is 0 Å². The van der Waals surface area contributed by atoms with Crippen molar-refractivity contribution in [3.8, 4) is 11.5 Å². The van der Waals surface area contributed by atoms with Crippen LogP contribution in [0.25, 0.3) is 0 Å². The van der Waals surface area contributed by atoms with Gasteiger partial charge in [-0.3, -0.25) is 0 Å². The fourth-order valence-electron chi connectivity index (χ4n) is 1.14. The van der Waals surface area contributed by atoms with Crippen molar-refractivity contribution in [3.05, 3.63) is 24.3 Å². The predicted molar refractivity (Wildman–Crippen MR) is 58.2 cm³/mol. The number of benzene rings is 1. The Morgan fingerprint density at radius 1 is 1.40 bits per heavy atom. The molecule has 15 heavy (non-hydrogen) atoms. The third kappa shape index (κ3) is 4.18. The van der Waals surface area contributed by atoms with Gasteiger partial charge in [-0.05, 0) is 18.6 Å². The molecule has 1 aromatic rings. The van der Waals surface area contributed by atoms with Gasteiger partial charge in [-0.15, -0.1) is 0 Å². The van der Waals surface area contributed by atoms with E-state index in [0.717, 1.165) is 11.5 Å². The summed E-state index contributed by atoms with van der Waals surface area (Å²) in [5.41, 5.74) is 5.69. The van der Waals surface area contributed by atoms with E-state index in [4.69, 9.17) is 20.3 Å². The summed E-state index contributed by atoms with van der Waals surface area (Å²) in [6.07, 6.45) is 0.546. The Kier molecular flexibility index (Phi) is 4.93. The Morgan fingerprint density at radius 3 is 2.80 bits per heavy atom. The smallest absolute Gasteiger partial charge is 0.123 e. The summed E-state index contributed by atoms with van der Waals surface area (Å²) < 4.78 is 10.5. The summed E-state index contributed by atoms with van der Waals surface area (Å²) in [7, 11) is 1.61. The molecule has 0 aliphatic heterocycles. The molecule has 1 rings (SSSR count). The lowest BCUT2D eigenvalue weighted by Crippen LogP contribution is -2.28. The second kappa shape index (κ2) is 6.27. The molecule has 0 aliphatic carbocycles. The zero-order valence-corrected chi connectivity index (χ0v) is 8.85. The number of ether oxygens (including phenoxy) is 2. The van der Waals surface area contributed by atoms with Gasteiger partial charge in [-0.2, -0.15) is 0 Å². The second-order valence-corrected chi connectivity index (χ2v) is 3.26. The van der Waals surface area contributed by atoms with Crippen LogP contribution in [-0.4, -0.2) is 31.5 Å². The van der Waals surface area contributed by atoms with E-state index in [1.807, 2.05) is 18.2 Å². The summed E-state index contributed by atoms with van der Waals surface area (Å²) >= 11 is 0. The highest BCUT2D eigenvalue weighted by Crippen LogP contribution is 2.18. The van der Waals surface area contributed by atoms with E-state index < -0.39 is 0 Å². The molecule has 0 saturated carbocycles. The summed E-state index contributed by atoms with van der Waals surface area (Å²) in [5.74, 6) is 1.48. The largest absolute Gasteiger partial charge is 0.497 e. The molecule has 0 bridgehead atoms. The highest BCUT2D eigenvalue weighted by Gasteiger charge is 2.03. The zero-order chi connectivity index (χ0) is 11.1. The fourth-order valence-corrected chi connectivity index (χ4v) is 1.14. The maximum atomic E-state index is 8.66. The van der Waals surface area contributed by atoms with Crippen LogP contribution in [0.4, 0.5) is 0 Å². The van der Waals surface area contributed by atoms with Gasteiger partial charge in [0.1, 0.15) is 18.1 Å². The van der Waals surface area contributed by atoms with Crippen LogP contribution in [0.2, 0.25) is 0 Å². The zero-order valence-electron chi connectivity index (χ0n) is 8.85. The Morgan fingerprint density at radius 2 is 2.13 bits per heavy atom. The van der Waals surface area contributed by atoms with Crippen molar-refractivity contribution in [2.75, 3.05) is 20.3 Å². The molecule has 1 aromatic carbocycles. The number of hydrogen-bond acceptors (Lipinski definition) is 4. The van der Waals surface area contributed by atoms with Crippen LogP contribution in [0.3, 0.4) is 0 Å². The molecule has 1 atom stereocenters. The quantitative estimate of drug-likeness (QED) is 0.730. The Hall–Kier alpha value is -1.26. The van der Waals surface area contributed by atoms with E-state index in [1.165, 1.54) is 0 Å². The molecule has 4 heteroatoms. The lowest BCUT2D eigenvalue weighted by Gasteiger charge is -2.12. The van der Waals surface area contributed by atoms with Gasteiger partial charge in [0.2, 0.25) is 0 Å². The maximum Gasteiger partial charge on any atom is 0.123 e. The van der Waals surface area contributed by atoms with Crippen LogP contribution in [0.1, 0.15) is 6.42 Å². The highest BCUT2D eigenvalue weighted by molar-refractivity contribution is 5.32. The number of nitrogens with two attached hydrogens (primary N) is 1. The minimum Gasteiger partial charge on any atom is -0.497 e. The molecule has 3 N–H and O–H groups in total. The Bertz CT molecular complexity index is 291. The van der Waals surface area contributed by atoms with Crippen LogP contribution in [0.5, 0.6) is 11.5 Å². The van der Waals surface area contributed by atoms with Gasteiger partial charge in [0.15, 0.2) is 0 Å². The van der Waals surface area contributed by atoms with Gasteiger partial charge in [0, 0.05) is 18.7 Å². The molecular weight excluding hydrogens is 194 g/mol. The first-order chi connectivity index (χ1) is 7.26. The first kappa shape index (κ1) is 11.8. The van der Waals surface area contributed by atoms with Gasteiger partial charge >= 0.3 is 0 Å². The molecule has 0 saturated heterocycles. The molecule has 0 amide bonds. The molecule has 1 unspecified atom stereocenters. The Labute approximate surface area is 89.6 Å². The van der Waals surface area contributed by atoms with E-state index >= 15 is 0 Å². The summed E-state index contributed by atoms with van der Waals surface area (Å²) in [6, 6.07) is 7.20. The van der Waals surface area contributed by atoms with Gasteiger partial charge in [0.25, 0.3) is 0 Å². The number of aliphatic hydroxyl groups is 1. The third-order valence-corrected chi connectivity index (χ3v) is 2.01. The van der Waals surface area contributed by atoms with E-state index in [-0.39, 0.29) is 12.6 Å². The van der Waals surface area contributed by atoms with Gasteiger partial charge in [-0.1, -0.05) is 6.07 Å². The lowest BCUT2D eigenvalue weighted by molar-refractivity contribution is 0.233. The van der Waals surface area contributed by atoms with Crippen molar-refractivity contribution in [2.45, 2.75) is 12.5 Å². The van der Waals surface area contributed by atoms with E-state index in [2.05, 4.69) is 0 Å². The third-order valence-electron chi connectivity index (χ3n) is 2.01. The predicted octanol–water partition coefficient (Wildman–Crippen LogP) is 0.784. The highest BCUT2D eigenvalue weighted by atomic mass is 16.5. The van der Waals surface area contributed by atoms with E-state index in [9.17, 15) is 0 Å².